The number of aryl methyl sites for hydroxylation is 1. The fraction of sp³-hybridized carbons (Fsp3) is 0.316. The summed E-state index contributed by atoms with van der Waals surface area (Å²) in [6.45, 7) is 2.46. The molecule has 0 aliphatic carbocycles. The van der Waals surface area contributed by atoms with Gasteiger partial charge in [-0.1, -0.05) is 6.07 Å². The average Bonchev–Trinajstić information content (AvgIpc) is 2.65. The molecule has 0 aliphatic heterocycles. The number of rotatable bonds is 7. The van der Waals surface area contributed by atoms with E-state index in [1.54, 1.807) is 31.5 Å². The van der Waals surface area contributed by atoms with Gasteiger partial charge in [-0.2, -0.15) is 0 Å². The summed E-state index contributed by atoms with van der Waals surface area (Å²) in [6, 6.07) is 9.10. The Morgan fingerprint density at radius 3 is 2.58 bits per heavy atom. The van der Waals surface area contributed by atoms with Crippen molar-refractivity contribution in [3.8, 4) is 11.5 Å². The molecule has 7 heteroatoms. The quantitative estimate of drug-likeness (QED) is 0.757. The molecule has 0 saturated carbocycles. The Morgan fingerprint density at radius 2 is 1.96 bits per heavy atom. The Bertz CT molecular complexity index is 792. The van der Waals surface area contributed by atoms with Crippen molar-refractivity contribution < 1.29 is 19.1 Å². The largest absolute Gasteiger partial charge is 0.497 e. The van der Waals surface area contributed by atoms with Crippen LogP contribution in [0.25, 0.3) is 0 Å². The van der Waals surface area contributed by atoms with Gasteiger partial charge in [-0.05, 0) is 30.7 Å². The zero-order valence-electron chi connectivity index (χ0n) is 15.2. The van der Waals surface area contributed by atoms with E-state index in [9.17, 15) is 9.59 Å². The average molecular weight is 357 g/mol. The number of hydrogen-bond acceptors (Lipinski definition) is 5. The number of methoxy groups -OCH3 is 2. The molecule has 138 valence electrons. The van der Waals surface area contributed by atoms with Crippen molar-refractivity contribution in [2.75, 3.05) is 20.8 Å². The minimum atomic E-state index is -0.991. The standard InChI is InChI=1S/C19H23N3O4/c1-13-5-4-9-21-16(13)8-10-22(19(24)18(20)23)12-14-6-7-15(25-2)11-17(14)26-3/h4-7,9,11H,8,10,12H2,1-3H3,(H2,20,23). The Morgan fingerprint density at radius 1 is 1.19 bits per heavy atom. The summed E-state index contributed by atoms with van der Waals surface area (Å²) < 4.78 is 10.5. The molecule has 1 heterocycles. The normalized spacial score (nSPS) is 10.3. The summed E-state index contributed by atoms with van der Waals surface area (Å²) in [4.78, 5) is 29.4. The fourth-order valence-electron chi connectivity index (χ4n) is 2.62. The Hall–Kier alpha value is -3.09. The van der Waals surface area contributed by atoms with Gasteiger partial charge in [0.2, 0.25) is 0 Å². The first kappa shape index (κ1) is 19.2. The van der Waals surface area contributed by atoms with Crippen LogP contribution in [0, 0.1) is 6.92 Å². The van der Waals surface area contributed by atoms with Gasteiger partial charge in [0.15, 0.2) is 0 Å². The zero-order chi connectivity index (χ0) is 19.1. The van der Waals surface area contributed by atoms with Gasteiger partial charge in [0.05, 0.1) is 14.2 Å². The molecule has 2 N–H and O–H groups in total. The van der Waals surface area contributed by atoms with E-state index in [1.165, 1.54) is 12.0 Å². The van der Waals surface area contributed by atoms with E-state index >= 15 is 0 Å². The van der Waals surface area contributed by atoms with Crippen molar-refractivity contribution in [2.45, 2.75) is 19.9 Å². The number of benzene rings is 1. The predicted octanol–water partition coefficient (Wildman–Crippen LogP) is 1.46. The third kappa shape index (κ3) is 4.72. The van der Waals surface area contributed by atoms with Crippen LogP contribution in [0.2, 0.25) is 0 Å². The molecule has 2 aromatic rings. The lowest BCUT2D eigenvalue weighted by Gasteiger charge is -2.22. The highest BCUT2D eigenvalue weighted by Crippen LogP contribution is 2.26. The highest BCUT2D eigenvalue weighted by atomic mass is 16.5. The van der Waals surface area contributed by atoms with Crippen LogP contribution < -0.4 is 15.2 Å². The number of nitrogens with two attached hydrogens (primary N) is 1. The summed E-state index contributed by atoms with van der Waals surface area (Å²) in [5.41, 5.74) is 7.86. The molecule has 1 aromatic carbocycles. The van der Waals surface area contributed by atoms with Gasteiger partial charge in [0.25, 0.3) is 0 Å². The summed E-state index contributed by atoms with van der Waals surface area (Å²) in [5.74, 6) is -0.519. The van der Waals surface area contributed by atoms with Gasteiger partial charge in [-0.25, -0.2) is 0 Å². The van der Waals surface area contributed by atoms with E-state index in [4.69, 9.17) is 15.2 Å². The van der Waals surface area contributed by atoms with Crippen LogP contribution >= 0.6 is 0 Å². The van der Waals surface area contributed by atoms with Gasteiger partial charge in [0, 0.05) is 43.0 Å². The third-order valence-electron chi connectivity index (χ3n) is 4.09. The van der Waals surface area contributed by atoms with E-state index in [1.807, 2.05) is 19.1 Å². The summed E-state index contributed by atoms with van der Waals surface area (Å²) >= 11 is 0. The molecule has 0 aliphatic rings. The van der Waals surface area contributed by atoms with Crippen molar-refractivity contribution in [2.24, 2.45) is 5.73 Å². The van der Waals surface area contributed by atoms with Gasteiger partial charge < -0.3 is 20.1 Å². The lowest BCUT2D eigenvalue weighted by atomic mass is 10.1. The highest BCUT2D eigenvalue weighted by molar-refractivity contribution is 6.34. The van der Waals surface area contributed by atoms with Crippen LogP contribution in [0.4, 0.5) is 0 Å². The molecule has 0 saturated heterocycles. The monoisotopic (exact) mass is 357 g/mol. The van der Waals surface area contributed by atoms with E-state index < -0.39 is 11.8 Å². The van der Waals surface area contributed by atoms with Crippen molar-refractivity contribution >= 4 is 11.8 Å². The first-order valence-electron chi connectivity index (χ1n) is 8.16. The number of ether oxygens (including phenoxy) is 2. The molecule has 2 rings (SSSR count). The maximum Gasteiger partial charge on any atom is 0.311 e. The topological polar surface area (TPSA) is 94.8 Å². The minimum absolute atomic E-state index is 0.195. The molecule has 0 atom stereocenters. The second-order valence-electron chi connectivity index (χ2n) is 5.79. The number of amides is 2. The second-order valence-corrected chi connectivity index (χ2v) is 5.79. The van der Waals surface area contributed by atoms with Crippen molar-refractivity contribution in [3.63, 3.8) is 0 Å². The molecule has 0 fully saturated rings. The molecular formula is C19H23N3O4. The van der Waals surface area contributed by atoms with Crippen LogP contribution in [0.15, 0.2) is 36.5 Å². The summed E-state index contributed by atoms with van der Waals surface area (Å²) in [6.07, 6.45) is 2.22. The first-order chi connectivity index (χ1) is 12.5. The molecular weight excluding hydrogens is 334 g/mol. The van der Waals surface area contributed by atoms with Crippen molar-refractivity contribution in [3.05, 3.63) is 53.3 Å². The van der Waals surface area contributed by atoms with E-state index in [-0.39, 0.29) is 6.54 Å². The number of primary amides is 1. The SMILES string of the molecule is COc1ccc(CN(CCc2ncccc2C)C(=O)C(N)=O)c(OC)c1. The zero-order valence-corrected chi connectivity index (χ0v) is 15.2. The van der Waals surface area contributed by atoms with Crippen molar-refractivity contribution in [1.29, 1.82) is 0 Å². The predicted molar refractivity (Wildman–Crippen MR) is 96.8 cm³/mol. The van der Waals surface area contributed by atoms with Crippen LogP contribution in [0.3, 0.4) is 0 Å². The molecule has 26 heavy (non-hydrogen) atoms. The van der Waals surface area contributed by atoms with E-state index in [0.717, 1.165) is 16.8 Å². The highest BCUT2D eigenvalue weighted by Gasteiger charge is 2.21. The minimum Gasteiger partial charge on any atom is -0.497 e. The lowest BCUT2D eigenvalue weighted by Crippen LogP contribution is -2.41. The summed E-state index contributed by atoms with van der Waals surface area (Å²) in [5, 5.41) is 0. The molecule has 0 radical (unpaired) electrons. The first-order valence-corrected chi connectivity index (χ1v) is 8.16. The van der Waals surface area contributed by atoms with Crippen LogP contribution in [0.5, 0.6) is 11.5 Å². The Kier molecular flexibility index (Phi) is 6.54. The van der Waals surface area contributed by atoms with Gasteiger partial charge in [-0.3, -0.25) is 14.6 Å². The van der Waals surface area contributed by atoms with Crippen LogP contribution in [-0.2, 0) is 22.6 Å². The molecule has 0 bridgehead atoms. The number of hydrogen-bond donors (Lipinski definition) is 1. The number of carbonyl (C=O) groups excluding carboxylic acids is 2. The fourth-order valence-corrected chi connectivity index (χ4v) is 2.62. The Labute approximate surface area is 152 Å². The Balaban J connectivity index is 2.21. The van der Waals surface area contributed by atoms with Crippen LogP contribution in [-0.4, -0.2) is 42.5 Å². The van der Waals surface area contributed by atoms with E-state index in [2.05, 4.69) is 4.98 Å². The smallest absolute Gasteiger partial charge is 0.311 e. The summed E-state index contributed by atoms with van der Waals surface area (Å²) in [7, 11) is 3.10. The molecule has 0 spiro atoms. The number of carbonyl (C=O) groups is 2. The van der Waals surface area contributed by atoms with Crippen LogP contribution in [0.1, 0.15) is 16.8 Å². The molecule has 7 nitrogen and oxygen atoms in total. The number of nitrogens with zero attached hydrogens (tertiary/aromatic N) is 2. The maximum absolute atomic E-state index is 12.2. The second kappa shape index (κ2) is 8.84. The number of aromatic nitrogens is 1. The van der Waals surface area contributed by atoms with Gasteiger partial charge in [-0.15, -0.1) is 0 Å². The molecule has 2 amide bonds. The molecule has 0 unspecified atom stereocenters. The molecule has 1 aromatic heterocycles. The van der Waals surface area contributed by atoms with Gasteiger partial charge in [0.1, 0.15) is 11.5 Å². The van der Waals surface area contributed by atoms with E-state index in [0.29, 0.717) is 24.5 Å². The lowest BCUT2D eigenvalue weighted by molar-refractivity contribution is -0.144. The van der Waals surface area contributed by atoms with Gasteiger partial charge >= 0.3 is 11.8 Å². The van der Waals surface area contributed by atoms with Crippen molar-refractivity contribution in [1.82, 2.24) is 9.88 Å². The number of pyridine rings is 1. The maximum atomic E-state index is 12.2. The third-order valence-corrected chi connectivity index (χ3v) is 4.09.